The van der Waals surface area contributed by atoms with Crippen molar-refractivity contribution in [1.29, 1.82) is 0 Å². The lowest BCUT2D eigenvalue weighted by Gasteiger charge is -2.24. The quantitative estimate of drug-likeness (QED) is 0.633. The van der Waals surface area contributed by atoms with Crippen molar-refractivity contribution in [2.75, 3.05) is 32.8 Å². The van der Waals surface area contributed by atoms with E-state index in [1.54, 1.807) is 0 Å². The molecule has 1 unspecified atom stereocenters. The molecule has 0 aromatic carbocycles. The Labute approximate surface area is 93.4 Å². The van der Waals surface area contributed by atoms with Gasteiger partial charge in [0.25, 0.3) is 0 Å². The minimum Gasteiger partial charge on any atom is -0.389 e. The molecule has 3 heteroatoms. The normalized spacial score (nSPS) is 18.4. The summed E-state index contributed by atoms with van der Waals surface area (Å²) in [7, 11) is 0. The average molecular weight is 215 g/mol. The summed E-state index contributed by atoms with van der Waals surface area (Å²) in [5.41, 5.74) is 0. The molecule has 0 aromatic rings. The number of hydrogen-bond acceptors (Lipinski definition) is 3. The van der Waals surface area contributed by atoms with Gasteiger partial charge in [0.2, 0.25) is 0 Å². The summed E-state index contributed by atoms with van der Waals surface area (Å²) in [6.45, 7) is 8.34. The lowest BCUT2D eigenvalue weighted by molar-refractivity contribution is 0.0203. The van der Waals surface area contributed by atoms with Crippen LogP contribution >= 0.6 is 0 Å². The second-order valence-corrected chi connectivity index (χ2v) is 4.52. The SMILES string of the molecule is CCCN(CC(O)COCC)CC1CC1. The Balaban J connectivity index is 2.15. The standard InChI is InChI=1S/C12H25NO2/c1-3-7-13(8-11-5-6-11)9-12(14)10-15-4-2/h11-12,14H,3-10H2,1-2H3. The second kappa shape index (κ2) is 7.20. The predicted molar refractivity (Wildman–Crippen MR) is 62.0 cm³/mol. The molecule has 1 atom stereocenters. The molecule has 1 fully saturated rings. The van der Waals surface area contributed by atoms with Gasteiger partial charge in [0.15, 0.2) is 0 Å². The summed E-state index contributed by atoms with van der Waals surface area (Å²) in [5.74, 6) is 0.899. The molecule has 3 nitrogen and oxygen atoms in total. The second-order valence-electron chi connectivity index (χ2n) is 4.52. The molecule has 1 saturated carbocycles. The molecule has 1 aliphatic rings. The number of rotatable bonds is 9. The van der Waals surface area contributed by atoms with Crippen LogP contribution in [0.25, 0.3) is 0 Å². The topological polar surface area (TPSA) is 32.7 Å². The first-order chi connectivity index (χ1) is 7.26. The zero-order valence-corrected chi connectivity index (χ0v) is 10.1. The Bertz CT molecular complexity index is 160. The molecule has 15 heavy (non-hydrogen) atoms. The predicted octanol–water partition coefficient (Wildman–Crippen LogP) is 1.51. The Morgan fingerprint density at radius 2 is 2.13 bits per heavy atom. The van der Waals surface area contributed by atoms with E-state index in [1.165, 1.54) is 12.8 Å². The summed E-state index contributed by atoms with van der Waals surface area (Å²) in [6, 6.07) is 0. The van der Waals surface area contributed by atoms with Crippen LogP contribution in [0.15, 0.2) is 0 Å². The molecule has 1 rings (SSSR count). The van der Waals surface area contributed by atoms with Crippen molar-refractivity contribution in [3.8, 4) is 0 Å². The van der Waals surface area contributed by atoms with Crippen LogP contribution in [0.3, 0.4) is 0 Å². The van der Waals surface area contributed by atoms with Crippen LogP contribution in [-0.4, -0.2) is 49.0 Å². The van der Waals surface area contributed by atoms with Crippen LogP contribution in [-0.2, 0) is 4.74 Å². The lowest BCUT2D eigenvalue weighted by Crippen LogP contribution is -2.36. The Kier molecular flexibility index (Phi) is 6.22. The van der Waals surface area contributed by atoms with E-state index in [2.05, 4.69) is 11.8 Å². The van der Waals surface area contributed by atoms with Gasteiger partial charge < -0.3 is 14.7 Å². The van der Waals surface area contributed by atoms with Crippen molar-refractivity contribution >= 4 is 0 Å². The molecular weight excluding hydrogens is 190 g/mol. The zero-order valence-electron chi connectivity index (χ0n) is 10.1. The summed E-state index contributed by atoms with van der Waals surface area (Å²) >= 11 is 0. The maximum absolute atomic E-state index is 9.74. The molecule has 0 aliphatic heterocycles. The number of aliphatic hydroxyl groups excluding tert-OH is 1. The number of aliphatic hydroxyl groups is 1. The van der Waals surface area contributed by atoms with Crippen molar-refractivity contribution < 1.29 is 9.84 Å². The minimum atomic E-state index is -0.324. The molecule has 1 N–H and O–H groups in total. The Morgan fingerprint density at radius 3 is 2.67 bits per heavy atom. The highest BCUT2D eigenvalue weighted by atomic mass is 16.5. The number of nitrogens with zero attached hydrogens (tertiary/aromatic N) is 1. The molecule has 90 valence electrons. The van der Waals surface area contributed by atoms with Gasteiger partial charge in [-0.15, -0.1) is 0 Å². The summed E-state index contributed by atoms with van der Waals surface area (Å²) in [4.78, 5) is 2.38. The van der Waals surface area contributed by atoms with Gasteiger partial charge in [-0.25, -0.2) is 0 Å². The van der Waals surface area contributed by atoms with Gasteiger partial charge in [-0.3, -0.25) is 0 Å². The first-order valence-electron chi connectivity index (χ1n) is 6.24. The van der Waals surface area contributed by atoms with Crippen molar-refractivity contribution in [2.24, 2.45) is 5.92 Å². The molecule has 0 aromatic heterocycles. The van der Waals surface area contributed by atoms with Gasteiger partial charge in [0.1, 0.15) is 0 Å². The third-order valence-corrected chi connectivity index (χ3v) is 2.74. The molecular formula is C12H25NO2. The van der Waals surface area contributed by atoms with Crippen molar-refractivity contribution in [3.63, 3.8) is 0 Å². The van der Waals surface area contributed by atoms with E-state index in [9.17, 15) is 5.11 Å². The number of ether oxygens (including phenoxy) is 1. The zero-order chi connectivity index (χ0) is 11.1. The smallest absolute Gasteiger partial charge is 0.0900 e. The average Bonchev–Trinajstić information content (AvgIpc) is 2.99. The van der Waals surface area contributed by atoms with E-state index in [0.29, 0.717) is 13.2 Å². The minimum absolute atomic E-state index is 0.324. The molecule has 0 radical (unpaired) electrons. The highest BCUT2D eigenvalue weighted by Crippen LogP contribution is 2.29. The van der Waals surface area contributed by atoms with E-state index < -0.39 is 0 Å². The molecule has 1 aliphatic carbocycles. The largest absolute Gasteiger partial charge is 0.389 e. The van der Waals surface area contributed by atoms with Gasteiger partial charge in [0, 0.05) is 19.7 Å². The Morgan fingerprint density at radius 1 is 1.40 bits per heavy atom. The summed E-state index contributed by atoms with van der Waals surface area (Å²) < 4.78 is 5.22. The molecule has 0 saturated heterocycles. The fraction of sp³-hybridized carbons (Fsp3) is 1.00. The van der Waals surface area contributed by atoms with Crippen LogP contribution in [0, 0.1) is 5.92 Å². The highest BCUT2D eigenvalue weighted by Gasteiger charge is 2.24. The molecule has 0 heterocycles. The fourth-order valence-electron chi connectivity index (χ4n) is 1.84. The summed E-state index contributed by atoms with van der Waals surface area (Å²) in [6.07, 6.45) is 3.59. The van der Waals surface area contributed by atoms with E-state index in [1.807, 2.05) is 6.92 Å². The highest BCUT2D eigenvalue weighted by molar-refractivity contribution is 4.78. The molecule has 0 amide bonds. The summed E-state index contributed by atoms with van der Waals surface area (Å²) in [5, 5.41) is 9.74. The van der Waals surface area contributed by atoms with Crippen molar-refractivity contribution in [2.45, 2.75) is 39.2 Å². The van der Waals surface area contributed by atoms with Gasteiger partial charge in [-0.05, 0) is 38.6 Å². The first kappa shape index (κ1) is 12.9. The van der Waals surface area contributed by atoms with Gasteiger partial charge in [-0.2, -0.15) is 0 Å². The van der Waals surface area contributed by atoms with Crippen LogP contribution in [0.5, 0.6) is 0 Å². The lowest BCUT2D eigenvalue weighted by atomic mass is 10.3. The van der Waals surface area contributed by atoms with Gasteiger partial charge in [-0.1, -0.05) is 6.92 Å². The van der Waals surface area contributed by atoms with E-state index in [0.717, 1.165) is 32.0 Å². The maximum atomic E-state index is 9.74. The Hall–Kier alpha value is -0.120. The van der Waals surface area contributed by atoms with Crippen LogP contribution in [0.1, 0.15) is 33.1 Å². The van der Waals surface area contributed by atoms with E-state index >= 15 is 0 Å². The third-order valence-electron chi connectivity index (χ3n) is 2.74. The van der Waals surface area contributed by atoms with Crippen LogP contribution in [0.4, 0.5) is 0 Å². The fourth-order valence-corrected chi connectivity index (χ4v) is 1.84. The molecule has 0 bridgehead atoms. The third kappa shape index (κ3) is 6.13. The van der Waals surface area contributed by atoms with Gasteiger partial charge >= 0.3 is 0 Å². The van der Waals surface area contributed by atoms with Crippen LogP contribution < -0.4 is 0 Å². The van der Waals surface area contributed by atoms with Crippen molar-refractivity contribution in [3.05, 3.63) is 0 Å². The van der Waals surface area contributed by atoms with Crippen LogP contribution in [0.2, 0.25) is 0 Å². The van der Waals surface area contributed by atoms with Crippen molar-refractivity contribution in [1.82, 2.24) is 4.90 Å². The van der Waals surface area contributed by atoms with E-state index in [4.69, 9.17) is 4.74 Å². The van der Waals surface area contributed by atoms with E-state index in [-0.39, 0.29) is 6.10 Å². The number of hydrogen-bond donors (Lipinski definition) is 1. The van der Waals surface area contributed by atoms with Gasteiger partial charge in [0.05, 0.1) is 12.7 Å². The monoisotopic (exact) mass is 215 g/mol. The molecule has 0 spiro atoms. The maximum Gasteiger partial charge on any atom is 0.0900 e. The first-order valence-corrected chi connectivity index (χ1v) is 6.24.